The number of nitriles is 2. The molecule has 0 saturated heterocycles. The summed E-state index contributed by atoms with van der Waals surface area (Å²) in [5, 5.41) is 17.2. The maximum atomic E-state index is 11.8. The Morgan fingerprint density at radius 3 is 1.35 bits per heavy atom. The Morgan fingerprint density at radius 1 is 0.630 bits per heavy atom. The predicted octanol–water partition coefficient (Wildman–Crippen LogP) is 6.50. The highest BCUT2D eigenvalue weighted by molar-refractivity contribution is 6.49. The molecule has 46 heavy (non-hydrogen) atoms. The van der Waals surface area contributed by atoms with Gasteiger partial charge in [0, 0.05) is 22.3 Å². The normalized spacial score (nSPS) is 9.91. The molecular weight excluding hydrogens is 576 g/mol. The first-order chi connectivity index (χ1) is 22.3. The van der Waals surface area contributed by atoms with Crippen LogP contribution in [0.1, 0.15) is 26.4 Å². The van der Waals surface area contributed by atoms with E-state index in [2.05, 4.69) is 19.7 Å². The standard InChI is InChI=1S/C18H10N4.C14H10O2.C4H4N4/c1-20-18-15(12-19)21-16(13-8-4-2-5-9-13)17(22-18)14-10-6-3-7-11-14;15-13(11-7-3-1-4-8-11)14(16)12-9-5-2-6-10-12;1-8-4(7)3(6)2-5/h2-11H;1-10H;6-7H2/b;;4-3+. The molecule has 10 heteroatoms. The third kappa shape index (κ3) is 8.80. The van der Waals surface area contributed by atoms with Gasteiger partial charge in [-0.15, -0.1) is 4.98 Å². The second-order valence-electron chi connectivity index (χ2n) is 8.96. The van der Waals surface area contributed by atoms with Crippen LogP contribution in [0.2, 0.25) is 0 Å². The number of aromatic nitrogens is 2. The summed E-state index contributed by atoms with van der Waals surface area (Å²) in [6.07, 6.45) is 0. The molecular formula is C36H24N8O2. The zero-order chi connectivity index (χ0) is 33.3. The molecule has 1 aromatic heterocycles. The van der Waals surface area contributed by atoms with E-state index < -0.39 is 11.6 Å². The molecule has 4 N–H and O–H groups in total. The van der Waals surface area contributed by atoms with Gasteiger partial charge in [0.1, 0.15) is 23.5 Å². The lowest BCUT2D eigenvalue weighted by atomic mass is 10.0. The largest absolute Gasteiger partial charge is 0.398 e. The quantitative estimate of drug-likeness (QED) is 0.0997. The van der Waals surface area contributed by atoms with Crippen molar-refractivity contribution in [3.8, 4) is 34.7 Å². The van der Waals surface area contributed by atoms with Crippen LogP contribution in [0.5, 0.6) is 0 Å². The summed E-state index contributed by atoms with van der Waals surface area (Å²) in [6, 6.07) is 39.7. The van der Waals surface area contributed by atoms with Crippen molar-refractivity contribution in [2.45, 2.75) is 0 Å². The molecule has 220 valence electrons. The van der Waals surface area contributed by atoms with Crippen molar-refractivity contribution in [2.24, 2.45) is 11.5 Å². The molecule has 0 radical (unpaired) electrons. The summed E-state index contributed by atoms with van der Waals surface area (Å²) in [7, 11) is 0. The zero-order valence-electron chi connectivity index (χ0n) is 24.2. The van der Waals surface area contributed by atoms with E-state index >= 15 is 0 Å². The summed E-state index contributed by atoms with van der Waals surface area (Å²) in [5.41, 5.74) is 13.4. The molecule has 0 saturated carbocycles. The van der Waals surface area contributed by atoms with Crippen LogP contribution in [0.3, 0.4) is 0 Å². The van der Waals surface area contributed by atoms with Gasteiger partial charge in [-0.25, -0.2) is 4.98 Å². The van der Waals surface area contributed by atoms with Crippen LogP contribution in [0.25, 0.3) is 32.2 Å². The van der Waals surface area contributed by atoms with Crippen molar-refractivity contribution in [1.29, 1.82) is 10.5 Å². The van der Waals surface area contributed by atoms with Crippen molar-refractivity contribution in [1.82, 2.24) is 9.97 Å². The number of carbonyl (C=O) groups is 2. The third-order valence-electron chi connectivity index (χ3n) is 5.98. The van der Waals surface area contributed by atoms with Gasteiger partial charge in [0.2, 0.25) is 11.6 Å². The van der Waals surface area contributed by atoms with E-state index in [1.165, 1.54) is 6.07 Å². The topological polar surface area (TPSA) is 168 Å². The summed E-state index contributed by atoms with van der Waals surface area (Å²) < 4.78 is 0. The van der Waals surface area contributed by atoms with Crippen LogP contribution >= 0.6 is 0 Å². The molecule has 0 aliphatic heterocycles. The highest BCUT2D eigenvalue weighted by Crippen LogP contribution is 2.31. The molecule has 0 amide bonds. The van der Waals surface area contributed by atoms with E-state index in [9.17, 15) is 14.9 Å². The fourth-order valence-electron chi connectivity index (χ4n) is 3.73. The van der Waals surface area contributed by atoms with Gasteiger partial charge in [0.05, 0.1) is 0 Å². The van der Waals surface area contributed by atoms with Gasteiger partial charge in [-0.1, -0.05) is 134 Å². The molecule has 0 fully saturated rings. The number of benzene rings is 4. The SMILES string of the molecule is O=C(C(=O)c1ccccc1)c1ccccc1.[C-]#[N+]/C(N)=C(/N)C#N.[C-]#[N+]c1nc(-c2ccccc2)c(-c2ccccc2)nc1C#N. The van der Waals surface area contributed by atoms with Gasteiger partial charge in [-0.05, 0) is 0 Å². The highest BCUT2D eigenvalue weighted by Gasteiger charge is 2.19. The minimum absolute atomic E-state index is 0.0287. The van der Waals surface area contributed by atoms with Crippen LogP contribution < -0.4 is 11.5 Å². The monoisotopic (exact) mass is 600 g/mol. The minimum atomic E-state index is -0.466. The molecule has 0 spiro atoms. The average Bonchev–Trinajstić information content (AvgIpc) is 3.14. The van der Waals surface area contributed by atoms with E-state index in [1.54, 1.807) is 48.5 Å². The second kappa shape index (κ2) is 16.9. The van der Waals surface area contributed by atoms with Gasteiger partial charge in [0.25, 0.3) is 5.82 Å². The van der Waals surface area contributed by atoms with Gasteiger partial charge in [-0.2, -0.15) is 10.5 Å². The lowest BCUT2D eigenvalue weighted by Gasteiger charge is -2.07. The Labute approximate surface area is 265 Å². The van der Waals surface area contributed by atoms with Crippen molar-refractivity contribution in [2.75, 3.05) is 0 Å². The van der Waals surface area contributed by atoms with Crippen LogP contribution in [-0.2, 0) is 0 Å². The first-order valence-electron chi connectivity index (χ1n) is 13.4. The van der Waals surface area contributed by atoms with E-state index in [4.69, 9.17) is 29.9 Å². The van der Waals surface area contributed by atoms with Crippen LogP contribution in [0.4, 0.5) is 5.82 Å². The van der Waals surface area contributed by atoms with E-state index in [-0.39, 0.29) is 23.0 Å². The second-order valence-corrected chi connectivity index (χ2v) is 8.96. The van der Waals surface area contributed by atoms with Crippen molar-refractivity contribution >= 4 is 17.4 Å². The first kappa shape index (κ1) is 33.1. The minimum Gasteiger partial charge on any atom is -0.398 e. The Balaban J connectivity index is 0.000000210. The number of nitrogens with two attached hydrogens (primary N) is 2. The third-order valence-corrected chi connectivity index (χ3v) is 5.98. The van der Waals surface area contributed by atoms with Gasteiger partial charge < -0.3 is 21.2 Å². The Hall–Kier alpha value is -7.40. The number of allylic oxidation sites excluding steroid dienone is 1. The molecule has 0 unspecified atom stereocenters. The number of ketones is 2. The molecule has 5 rings (SSSR count). The lowest BCUT2D eigenvalue weighted by Crippen LogP contribution is -2.14. The molecule has 0 aliphatic carbocycles. The van der Waals surface area contributed by atoms with Gasteiger partial charge >= 0.3 is 5.82 Å². The van der Waals surface area contributed by atoms with Gasteiger partial charge in [0.15, 0.2) is 11.4 Å². The van der Waals surface area contributed by atoms with Gasteiger partial charge in [-0.3, -0.25) is 9.59 Å². The summed E-state index contributed by atoms with van der Waals surface area (Å²) in [5.74, 6) is -1.15. The number of Topliss-reactive ketones (excluding diaryl/α,β-unsaturated/α-hetero) is 2. The van der Waals surface area contributed by atoms with E-state index in [0.717, 1.165) is 11.1 Å². The number of carbonyl (C=O) groups excluding carboxylic acids is 2. The maximum absolute atomic E-state index is 11.8. The smallest absolute Gasteiger partial charge is 0.307 e. The maximum Gasteiger partial charge on any atom is 0.307 e. The van der Waals surface area contributed by atoms with Crippen LogP contribution in [0.15, 0.2) is 133 Å². The summed E-state index contributed by atoms with van der Waals surface area (Å²) in [6.45, 7) is 13.4. The molecule has 0 aliphatic rings. The Morgan fingerprint density at radius 2 is 1.02 bits per heavy atom. The molecule has 4 aromatic carbocycles. The van der Waals surface area contributed by atoms with Crippen LogP contribution in [-0.4, -0.2) is 21.5 Å². The number of nitrogens with zero attached hydrogens (tertiary/aromatic N) is 6. The van der Waals surface area contributed by atoms with Crippen molar-refractivity contribution in [3.63, 3.8) is 0 Å². The first-order valence-corrected chi connectivity index (χ1v) is 13.4. The number of hydrogen-bond donors (Lipinski definition) is 2. The molecule has 5 aromatic rings. The predicted molar refractivity (Wildman–Crippen MR) is 173 cm³/mol. The molecule has 1 heterocycles. The van der Waals surface area contributed by atoms with Crippen LogP contribution in [0, 0.1) is 35.8 Å². The summed E-state index contributed by atoms with van der Waals surface area (Å²) >= 11 is 0. The zero-order valence-corrected chi connectivity index (χ0v) is 24.2. The van der Waals surface area contributed by atoms with Crippen molar-refractivity contribution < 1.29 is 9.59 Å². The molecule has 0 atom stereocenters. The van der Waals surface area contributed by atoms with E-state index in [1.807, 2.05) is 78.9 Å². The summed E-state index contributed by atoms with van der Waals surface area (Å²) in [4.78, 5) is 38.4. The number of hydrogen-bond acceptors (Lipinski definition) is 8. The highest BCUT2D eigenvalue weighted by atomic mass is 16.2. The fourth-order valence-corrected chi connectivity index (χ4v) is 3.73. The Kier molecular flexibility index (Phi) is 12.2. The molecule has 0 bridgehead atoms. The van der Waals surface area contributed by atoms with E-state index in [0.29, 0.717) is 22.5 Å². The Bertz CT molecular complexity index is 1870. The fraction of sp³-hybridized carbons (Fsp3) is 0. The average molecular weight is 601 g/mol. The molecule has 10 nitrogen and oxygen atoms in total. The van der Waals surface area contributed by atoms with Crippen molar-refractivity contribution in [3.05, 3.63) is 173 Å². The lowest BCUT2D eigenvalue weighted by molar-refractivity contribution is 0.0817. The number of rotatable bonds is 5.